The van der Waals surface area contributed by atoms with Crippen molar-refractivity contribution in [2.24, 2.45) is 0 Å². The second-order valence-corrected chi connectivity index (χ2v) is 8.89. The van der Waals surface area contributed by atoms with E-state index in [-0.39, 0.29) is 37.6 Å². The summed E-state index contributed by atoms with van der Waals surface area (Å²) >= 11 is 0. The number of benzene rings is 2. The highest BCUT2D eigenvalue weighted by molar-refractivity contribution is 7.89. The zero-order valence-corrected chi connectivity index (χ0v) is 17.5. The number of ether oxygens (including phenoxy) is 2. The molecular formula is C21H22FNO6S. The van der Waals surface area contributed by atoms with Crippen LogP contribution in [0.2, 0.25) is 0 Å². The smallest absolute Gasteiger partial charge is 0.338 e. The molecule has 0 unspecified atom stereocenters. The van der Waals surface area contributed by atoms with Crippen LogP contribution in [-0.2, 0) is 19.5 Å². The average molecular weight is 435 g/mol. The summed E-state index contributed by atoms with van der Waals surface area (Å²) in [7, 11) is -4.13. The molecule has 0 aliphatic carbocycles. The second kappa shape index (κ2) is 9.03. The maximum Gasteiger partial charge on any atom is 0.338 e. The maximum absolute atomic E-state index is 14.3. The van der Waals surface area contributed by atoms with Crippen LogP contribution in [0.25, 0.3) is 0 Å². The summed E-state index contributed by atoms with van der Waals surface area (Å²) in [5.74, 6) is -2.26. The molecule has 1 fully saturated rings. The van der Waals surface area contributed by atoms with Gasteiger partial charge in [-0.2, -0.15) is 4.31 Å². The van der Waals surface area contributed by atoms with Gasteiger partial charge in [-0.25, -0.2) is 17.6 Å². The van der Waals surface area contributed by atoms with Crippen molar-refractivity contribution in [3.63, 3.8) is 0 Å². The molecule has 0 atom stereocenters. The molecule has 0 N–H and O–H groups in total. The fourth-order valence-electron chi connectivity index (χ4n) is 3.08. The van der Waals surface area contributed by atoms with Crippen LogP contribution in [0.4, 0.5) is 4.39 Å². The Bertz CT molecular complexity index is 1080. The van der Waals surface area contributed by atoms with E-state index in [0.29, 0.717) is 5.56 Å². The first-order chi connectivity index (χ1) is 14.2. The van der Waals surface area contributed by atoms with E-state index in [1.165, 1.54) is 0 Å². The molecule has 2 aromatic carbocycles. The highest BCUT2D eigenvalue weighted by Crippen LogP contribution is 2.22. The van der Waals surface area contributed by atoms with Crippen LogP contribution in [0.5, 0.6) is 0 Å². The highest BCUT2D eigenvalue weighted by Gasteiger charge is 2.30. The Morgan fingerprint density at radius 1 is 1.10 bits per heavy atom. The molecule has 0 amide bonds. The van der Waals surface area contributed by atoms with E-state index in [1.807, 2.05) is 13.0 Å². The van der Waals surface area contributed by atoms with Gasteiger partial charge in [0.05, 0.1) is 18.8 Å². The van der Waals surface area contributed by atoms with Crippen molar-refractivity contribution in [3.8, 4) is 0 Å². The molecule has 0 radical (unpaired) electrons. The topological polar surface area (TPSA) is 90.0 Å². The van der Waals surface area contributed by atoms with Crippen molar-refractivity contribution in [2.45, 2.75) is 18.7 Å². The first kappa shape index (κ1) is 22.1. The van der Waals surface area contributed by atoms with Crippen LogP contribution in [-0.4, -0.2) is 57.4 Å². The molecule has 7 nitrogen and oxygen atoms in total. The zero-order valence-electron chi connectivity index (χ0n) is 16.7. The van der Waals surface area contributed by atoms with E-state index >= 15 is 0 Å². The van der Waals surface area contributed by atoms with Crippen molar-refractivity contribution in [2.75, 3.05) is 32.9 Å². The average Bonchev–Trinajstić information content (AvgIpc) is 2.74. The number of carbonyl (C=O) groups excluding carboxylic acids is 2. The van der Waals surface area contributed by atoms with E-state index in [1.54, 1.807) is 19.1 Å². The lowest BCUT2D eigenvalue weighted by molar-refractivity contribution is 0.0474. The molecule has 0 aromatic heterocycles. The number of carbonyl (C=O) groups is 2. The van der Waals surface area contributed by atoms with Crippen LogP contribution >= 0.6 is 0 Å². The van der Waals surface area contributed by atoms with Crippen molar-refractivity contribution in [1.29, 1.82) is 0 Å². The number of hydrogen-bond acceptors (Lipinski definition) is 6. The molecule has 1 saturated heterocycles. The monoisotopic (exact) mass is 435 g/mol. The summed E-state index contributed by atoms with van der Waals surface area (Å²) in [4.78, 5) is 24.2. The van der Waals surface area contributed by atoms with Crippen molar-refractivity contribution in [1.82, 2.24) is 4.31 Å². The fraction of sp³-hybridized carbons (Fsp3) is 0.333. The normalized spacial score (nSPS) is 15.0. The number of nitrogens with zero attached hydrogens (tertiary/aromatic N) is 1. The molecular weight excluding hydrogens is 413 g/mol. The standard InChI is InChI=1S/C21H22FNO6S/c1-14-3-4-15(2)17(11-14)19(24)13-29-21(25)16-5-6-18(22)20(12-16)30(26,27)23-7-9-28-10-8-23/h3-6,11-12H,7-10,13H2,1-2H3. The summed E-state index contributed by atoms with van der Waals surface area (Å²) in [6, 6.07) is 8.33. The Morgan fingerprint density at radius 2 is 1.80 bits per heavy atom. The van der Waals surface area contributed by atoms with Gasteiger partial charge in [0.2, 0.25) is 15.8 Å². The molecule has 160 valence electrons. The molecule has 0 spiro atoms. The van der Waals surface area contributed by atoms with Gasteiger partial charge in [0.25, 0.3) is 0 Å². The Labute approximate surface area is 174 Å². The number of hydrogen-bond donors (Lipinski definition) is 0. The van der Waals surface area contributed by atoms with Gasteiger partial charge in [0, 0.05) is 18.7 Å². The van der Waals surface area contributed by atoms with Gasteiger partial charge in [-0.05, 0) is 43.7 Å². The predicted octanol–water partition coefficient (Wildman–Crippen LogP) is 2.50. The SMILES string of the molecule is Cc1ccc(C)c(C(=O)COC(=O)c2ccc(F)c(S(=O)(=O)N3CCOCC3)c2)c1. The summed E-state index contributed by atoms with van der Waals surface area (Å²) in [6.45, 7) is 3.73. The summed E-state index contributed by atoms with van der Waals surface area (Å²) < 4.78 is 51.0. The second-order valence-electron chi connectivity index (χ2n) is 6.98. The summed E-state index contributed by atoms with van der Waals surface area (Å²) in [5.41, 5.74) is 1.93. The van der Waals surface area contributed by atoms with Crippen LogP contribution in [0.3, 0.4) is 0 Å². The zero-order chi connectivity index (χ0) is 21.9. The van der Waals surface area contributed by atoms with Crippen molar-refractivity contribution >= 4 is 21.8 Å². The molecule has 2 aromatic rings. The van der Waals surface area contributed by atoms with E-state index in [0.717, 1.165) is 33.6 Å². The maximum atomic E-state index is 14.3. The lowest BCUT2D eigenvalue weighted by Crippen LogP contribution is -2.41. The van der Waals surface area contributed by atoms with Crippen LogP contribution in [0.1, 0.15) is 31.8 Å². The third-order valence-electron chi connectivity index (χ3n) is 4.78. The van der Waals surface area contributed by atoms with Gasteiger partial charge in [-0.15, -0.1) is 0 Å². The Morgan fingerprint density at radius 3 is 2.50 bits per heavy atom. The van der Waals surface area contributed by atoms with Gasteiger partial charge < -0.3 is 9.47 Å². The minimum absolute atomic E-state index is 0.0980. The molecule has 1 heterocycles. The number of halogens is 1. The molecule has 1 aliphatic heterocycles. The number of ketones is 1. The van der Waals surface area contributed by atoms with Gasteiger partial charge in [-0.3, -0.25) is 4.79 Å². The van der Waals surface area contributed by atoms with E-state index in [9.17, 15) is 22.4 Å². The van der Waals surface area contributed by atoms with Gasteiger partial charge in [0.1, 0.15) is 10.7 Å². The van der Waals surface area contributed by atoms with Crippen LogP contribution in [0, 0.1) is 19.7 Å². The molecule has 1 aliphatic rings. The number of Topliss-reactive ketones (excluding diaryl/α,β-unsaturated/α-hetero) is 1. The highest BCUT2D eigenvalue weighted by atomic mass is 32.2. The minimum atomic E-state index is -4.13. The van der Waals surface area contributed by atoms with Crippen LogP contribution in [0.15, 0.2) is 41.3 Å². The van der Waals surface area contributed by atoms with Gasteiger partial charge >= 0.3 is 5.97 Å². The molecule has 0 saturated carbocycles. The fourth-order valence-corrected chi connectivity index (χ4v) is 4.58. The predicted molar refractivity (Wildman–Crippen MR) is 107 cm³/mol. The summed E-state index contributed by atoms with van der Waals surface area (Å²) in [5, 5.41) is 0. The number of sulfonamides is 1. The Kier molecular flexibility index (Phi) is 6.64. The third kappa shape index (κ3) is 4.75. The molecule has 9 heteroatoms. The van der Waals surface area contributed by atoms with E-state index in [2.05, 4.69) is 0 Å². The number of rotatable bonds is 6. The minimum Gasteiger partial charge on any atom is -0.454 e. The van der Waals surface area contributed by atoms with Gasteiger partial charge in [0.15, 0.2) is 6.61 Å². The number of morpholine rings is 1. The van der Waals surface area contributed by atoms with Crippen LogP contribution < -0.4 is 0 Å². The van der Waals surface area contributed by atoms with E-state index in [4.69, 9.17) is 9.47 Å². The molecule has 30 heavy (non-hydrogen) atoms. The number of esters is 1. The first-order valence-corrected chi connectivity index (χ1v) is 10.8. The van der Waals surface area contributed by atoms with Gasteiger partial charge in [-0.1, -0.05) is 17.7 Å². The quantitative estimate of drug-likeness (QED) is 0.512. The lowest BCUT2D eigenvalue weighted by Gasteiger charge is -2.26. The molecule has 3 rings (SSSR count). The summed E-state index contributed by atoms with van der Waals surface area (Å²) in [6.07, 6.45) is 0. The number of aryl methyl sites for hydroxylation is 2. The molecule has 0 bridgehead atoms. The van der Waals surface area contributed by atoms with Crippen molar-refractivity contribution in [3.05, 3.63) is 64.5 Å². The van der Waals surface area contributed by atoms with Crippen molar-refractivity contribution < 1.29 is 31.9 Å². The first-order valence-electron chi connectivity index (χ1n) is 9.35. The lowest BCUT2D eigenvalue weighted by atomic mass is 10.0. The third-order valence-corrected chi connectivity index (χ3v) is 6.70. The Hall–Kier alpha value is -2.62. The van der Waals surface area contributed by atoms with E-state index < -0.39 is 33.3 Å². The largest absolute Gasteiger partial charge is 0.454 e. The Balaban J connectivity index is 1.76.